The Hall–Kier alpha value is -2.16. The fourth-order valence-electron chi connectivity index (χ4n) is 3.58. The Labute approximate surface area is 166 Å². The molecule has 1 saturated heterocycles. The number of piperidine rings is 1. The minimum atomic E-state index is -3.50. The van der Waals surface area contributed by atoms with Crippen molar-refractivity contribution in [1.82, 2.24) is 9.62 Å². The highest BCUT2D eigenvalue weighted by atomic mass is 32.2. The van der Waals surface area contributed by atoms with Crippen LogP contribution in [0.25, 0.3) is 0 Å². The molecular weight excluding hydrogens is 378 g/mol. The number of furan rings is 1. The summed E-state index contributed by atoms with van der Waals surface area (Å²) < 4.78 is 31.1. The van der Waals surface area contributed by atoms with E-state index in [4.69, 9.17) is 4.42 Å². The van der Waals surface area contributed by atoms with E-state index in [9.17, 15) is 13.2 Å². The summed E-state index contributed by atoms with van der Waals surface area (Å²) in [6.07, 6.45) is 5.28. The Bertz CT molecular complexity index is 871. The number of carbonyl (C=O) groups is 1. The second-order valence-electron chi connectivity index (χ2n) is 7.31. The zero-order valence-electron chi connectivity index (χ0n) is 16.3. The molecule has 1 aliphatic heterocycles. The van der Waals surface area contributed by atoms with Crippen molar-refractivity contribution in [3.8, 4) is 0 Å². The lowest BCUT2D eigenvalue weighted by Crippen LogP contribution is -3.13. The Balaban J connectivity index is 1.67. The number of hydrogen-bond acceptors (Lipinski definition) is 4. The Morgan fingerprint density at radius 3 is 2.39 bits per heavy atom. The summed E-state index contributed by atoms with van der Waals surface area (Å²) in [6, 6.07) is 9.92. The predicted octanol–water partition coefficient (Wildman–Crippen LogP) is 1.07. The van der Waals surface area contributed by atoms with Crippen molar-refractivity contribution in [2.24, 2.45) is 0 Å². The summed E-state index contributed by atoms with van der Waals surface area (Å²) in [4.78, 5) is 14.2. The predicted molar refractivity (Wildman–Crippen MR) is 106 cm³/mol. The van der Waals surface area contributed by atoms with Crippen LogP contribution >= 0.6 is 0 Å². The molecule has 0 spiro atoms. The highest BCUT2D eigenvalue weighted by Gasteiger charge is 2.28. The largest absolute Gasteiger partial charge is 0.463 e. The van der Waals surface area contributed by atoms with Crippen LogP contribution in [0.15, 0.2) is 52.0 Å². The molecule has 1 aromatic heterocycles. The van der Waals surface area contributed by atoms with Gasteiger partial charge < -0.3 is 14.6 Å². The third-order valence-corrected chi connectivity index (χ3v) is 7.07. The first-order valence-electron chi connectivity index (χ1n) is 9.58. The number of amides is 1. The molecule has 0 saturated carbocycles. The highest BCUT2D eigenvalue weighted by Crippen LogP contribution is 2.15. The molecule has 3 rings (SSSR count). The molecule has 1 aromatic carbocycles. The summed E-state index contributed by atoms with van der Waals surface area (Å²) in [6.45, 7) is 2.61. The molecule has 7 nitrogen and oxygen atoms in total. The van der Waals surface area contributed by atoms with Crippen molar-refractivity contribution in [3.05, 3.63) is 54.0 Å². The van der Waals surface area contributed by atoms with Crippen molar-refractivity contribution < 1.29 is 22.5 Å². The van der Waals surface area contributed by atoms with Gasteiger partial charge in [0.2, 0.25) is 10.0 Å². The van der Waals surface area contributed by atoms with E-state index in [-0.39, 0.29) is 16.8 Å². The summed E-state index contributed by atoms with van der Waals surface area (Å²) in [5, 5.41) is 2.99. The average Bonchev–Trinajstić information content (AvgIpc) is 3.23. The fraction of sp³-hybridized carbons (Fsp3) is 0.450. The van der Waals surface area contributed by atoms with Crippen LogP contribution in [0, 0.1) is 0 Å². The molecule has 0 radical (unpaired) electrons. The molecule has 0 unspecified atom stereocenters. The molecule has 2 aromatic rings. The SMILES string of the molecule is CN(C)S(=O)(=O)c1ccc(C(=O)NC[C@@H](c2ccco2)[NH+]2CCCCC2)cc1. The van der Waals surface area contributed by atoms with E-state index in [1.807, 2.05) is 12.1 Å². The lowest BCUT2D eigenvalue weighted by Gasteiger charge is -2.30. The maximum atomic E-state index is 12.6. The number of rotatable bonds is 7. The van der Waals surface area contributed by atoms with Crippen LogP contribution in [0.4, 0.5) is 0 Å². The highest BCUT2D eigenvalue weighted by molar-refractivity contribution is 7.89. The van der Waals surface area contributed by atoms with Gasteiger partial charge in [0.25, 0.3) is 5.91 Å². The van der Waals surface area contributed by atoms with Gasteiger partial charge in [-0.3, -0.25) is 4.79 Å². The monoisotopic (exact) mass is 406 g/mol. The number of quaternary nitrogens is 1. The number of sulfonamides is 1. The third-order valence-electron chi connectivity index (χ3n) is 5.24. The molecule has 152 valence electrons. The van der Waals surface area contributed by atoms with E-state index < -0.39 is 10.0 Å². The first-order chi connectivity index (χ1) is 13.4. The molecule has 1 amide bonds. The topological polar surface area (TPSA) is 84.1 Å². The lowest BCUT2D eigenvalue weighted by molar-refractivity contribution is -0.936. The van der Waals surface area contributed by atoms with E-state index in [1.54, 1.807) is 18.4 Å². The molecule has 1 atom stereocenters. The van der Waals surface area contributed by atoms with E-state index in [0.29, 0.717) is 12.1 Å². The van der Waals surface area contributed by atoms with Gasteiger partial charge in [0.15, 0.2) is 11.8 Å². The number of nitrogens with zero attached hydrogens (tertiary/aromatic N) is 1. The molecule has 2 heterocycles. The first kappa shape index (κ1) is 20.6. The zero-order valence-corrected chi connectivity index (χ0v) is 17.2. The normalized spacial score (nSPS) is 16.8. The van der Waals surface area contributed by atoms with Crippen LogP contribution < -0.4 is 10.2 Å². The van der Waals surface area contributed by atoms with Gasteiger partial charge in [0.1, 0.15) is 0 Å². The maximum absolute atomic E-state index is 12.6. The van der Waals surface area contributed by atoms with Gasteiger partial charge in [-0.1, -0.05) is 0 Å². The van der Waals surface area contributed by atoms with Crippen molar-refractivity contribution in [2.75, 3.05) is 33.7 Å². The standard InChI is InChI=1S/C20H27N3O4S/c1-22(2)28(25,26)17-10-8-16(9-11-17)20(24)21-15-18(19-7-6-14-27-19)23-12-4-3-5-13-23/h6-11,14,18H,3-5,12-13,15H2,1-2H3,(H,21,24)/p+1/t18-/m0/s1. The van der Waals surface area contributed by atoms with E-state index in [2.05, 4.69) is 5.32 Å². The van der Waals surface area contributed by atoms with Crippen LogP contribution in [0.5, 0.6) is 0 Å². The number of carbonyl (C=O) groups excluding carboxylic acids is 1. The van der Waals surface area contributed by atoms with Gasteiger partial charge in [-0.2, -0.15) is 0 Å². The van der Waals surface area contributed by atoms with Crippen molar-refractivity contribution in [2.45, 2.75) is 30.2 Å². The molecule has 1 fully saturated rings. The van der Waals surface area contributed by atoms with Crippen LogP contribution in [-0.4, -0.2) is 52.4 Å². The number of hydrogen-bond donors (Lipinski definition) is 2. The second kappa shape index (κ2) is 8.89. The van der Waals surface area contributed by atoms with E-state index in [1.165, 1.54) is 50.4 Å². The number of benzene rings is 1. The summed E-state index contributed by atoms with van der Waals surface area (Å²) >= 11 is 0. The van der Waals surface area contributed by atoms with Crippen LogP contribution in [0.1, 0.15) is 41.4 Å². The molecule has 8 heteroatoms. The number of nitrogens with one attached hydrogen (secondary N) is 2. The van der Waals surface area contributed by atoms with Gasteiger partial charge in [0.05, 0.1) is 30.8 Å². The quantitative estimate of drug-likeness (QED) is 0.721. The fourth-order valence-corrected chi connectivity index (χ4v) is 4.48. The molecule has 28 heavy (non-hydrogen) atoms. The van der Waals surface area contributed by atoms with Crippen molar-refractivity contribution in [3.63, 3.8) is 0 Å². The molecule has 2 N–H and O–H groups in total. The van der Waals surface area contributed by atoms with Gasteiger partial charge in [-0.15, -0.1) is 0 Å². The minimum Gasteiger partial charge on any atom is -0.463 e. The zero-order chi connectivity index (χ0) is 20.1. The van der Waals surface area contributed by atoms with Crippen LogP contribution in [0.3, 0.4) is 0 Å². The Morgan fingerprint density at radius 2 is 1.82 bits per heavy atom. The Morgan fingerprint density at radius 1 is 1.14 bits per heavy atom. The maximum Gasteiger partial charge on any atom is 0.251 e. The van der Waals surface area contributed by atoms with Gasteiger partial charge >= 0.3 is 0 Å². The summed E-state index contributed by atoms with van der Waals surface area (Å²) in [7, 11) is -0.544. The van der Waals surface area contributed by atoms with Crippen molar-refractivity contribution >= 4 is 15.9 Å². The second-order valence-corrected chi connectivity index (χ2v) is 9.46. The average molecular weight is 407 g/mol. The molecule has 0 aliphatic carbocycles. The van der Waals surface area contributed by atoms with Gasteiger partial charge in [-0.25, -0.2) is 12.7 Å². The summed E-state index contributed by atoms with van der Waals surface area (Å²) in [5.41, 5.74) is 0.435. The van der Waals surface area contributed by atoms with E-state index >= 15 is 0 Å². The van der Waals surface area contributed by atoms with Gasteiger partial charge in [-0.05, 0) is 55.7 Å². The summed E-state index contributed by atoms with van der Waals surface area (Å²) in [5.74, 6) is 0.659. The lowest BCUT2D eigenvalue weighted by atomic mass is 10.1. The Kier molecular flexibility index (Phi) is 6.53. The number of likely N-dealkylation sites (tertiary alicyclic amines) is 1. The van der Waals surface area contributed by atoms with Crippen LogP contribution in [0.2, 0.25) is 0 Å². The molecule has 0 bridgehead atoms. The van der Waals surface area contributed by atoms with Crippen molar-refractivity contribution in [1.29, 1.82) is 0 Å². The first-order valence-corrected chi connectivity index (χ1v) is 11.0. The smallest absolute Gasteiger partial charge is 0.251 e. The molecule has 1 aliphatic rings. The third kappa shape index (κ3) is 4.63. The van der Waals surface area contributed by atoms with Gasteiger partial charge in [0, 0.05) is 19.7 Å². The minimum absolute atomic E-state index is 0.0765. The van der Waals surface area contributed by atoms with E-state index in [0.717, 1.165) is 23.2 Å². The van der Waals surface area contributed by atoms with Crippen LogP contribution in [-0.2, 0) is 10.0 Å². The molecular formula is C20H28N3O4S+.